The van der Waals surface area contributed by atoms with Crippen LogP contribution in [0.4, 0.5) is 4.79 Å². The number of likely N-dealkylation sites (N-methyl/N-ethyl adjacent to an activating group) is 1. The number of ether oxygens (including phenoxy) is 1. The van der Waals surface area contributed by atoms with Crippen LogP contribution in [0.5, 0.6) is 0 Å². The van der Waals surface area contributed by atoms with Crippen molar-refractivity contribution in [1.29, 1.82) is 0 Å². The molecule has 0 radical (unpaired) electrons. The van der Waals surface area contributed by atoms with Gasteiger partial charge in [-0.15, -0.1) is 0 Å². The van der Waals surface area contributed by atoms with Crippen LogP contribution in [-0.4, -0.2) is 54.7 Å². The van der Waals surface area contributed by atoms with Crippen molar-refractivity contribution in [3.05, 3.63) is 59.7 Å². The van der Waals surface area contributed by atoms with E-state index in [0.29, 0.717) is 13.0 Å². The molecule has 1 fully saturated rings. The van der Waals surface area contributed by atoms with Crippen molar-refractivity contribution in [1.82, 2.24) is 10.2 Å². The van der Waals surface area contributed by atoms with Crippen molar-refractivity contribution in [2.24, 2.45) is 11.8 Å². The van der Waals surface area contributed by atoms with Gasteiger partial charge in [0.1, 0.15) is 13.2 Å². The predicted molar refractivity (Wildman–Crippen MR) is 110 cm³/mol. The van der Waals surface area contributed by atoms with Crippen LogP contribution in [0, 0.1) is 11.8 Å². The SMILES string of the molecule is CN(CC(=O)O)C(=O)[C@@H]1C[C@@H]1CNC(=O)OCC1c2ccccc2-c2ccccc21. The molecule has 0 aliphatic heterocycles. The Bertz CT molecular complexity index is 944. The largest absolute Gasteiger partial charge is 0.480 e. The fourth-order valence-electron chi connectivity index (χ4n) is 4.20. The number of alkyl carbamates (subject to hydrolysis) is 1. The molecule has 0 aromatic heterocycles. The highest BCUT2D eigenvalue weighted by molar-refractivity contribution is 5.85. The highest BCUT2D eigenvalue weighted by Gasteiger charge is 2.44. The standard InChI is InChI=1S/C23H24N2O5/c1-25(12-21(26)27)22(28)19-10-14(19)11-24-23(29)30-13-20-17-8-4-2-6-15(17)16-7-3-5-9-18(16)20/h2-9,14,19-20H,10-13H2,1H3,(H,24,29)(H,26,27)/t14-,19-/m1/s1. The molecule has 7 heteroatoms. The summed E-state index contributed by atoms with van der Waals surface area (Å²) in [6.07, 6.45) is 0.140. The highest BCUT2D eigenvalue weighted by atomic mass is 16.5. The number of carbonyl (C=O) groups excluding carboxylic acids is 2. The van der Waals surface area contributed by atoms with Crippen molar-refractivity contribution in [3.63, 3.8) is 0 Å². The molecule has 7 nitrogen and oxygen atoms in total. The Kier molecular flexibility index (Phi) is 5.44. The van der Waals surface area contributed by atoms with Gasteiger partial charge >= 0.3 is 12.1 Å². The van der Waals surface area contributed by atoms with Crippen LogP contribution in [0.2, 0.25) is 0 Å². The lowest BCUT2D eigenvalue weighted by molar-refractivity contribution is -0.144. The molecule has 2 N–H and O–H groups in total. The van der Waals surface area contributed by atoms with Crippen molar-refractivity contribution in [3.8, 4) is 11.1 Å². The average Bonchev–Trinajstić information content (AvgIpc) is 3.44. The van der Waals surface area contributed by atoms with E-state index >= 15 is 0 Å². The molecule has 2 aromatic rings. The molecule has 2 aliphatic rings. The average molecular weight is 408 g/mol. The summed E-state index contributed by atoms with van der Waals surface area (Å²) in [6.45, 7) is 0.268. The monoisotopic (exact) mass is 408 g/mol. The molecular weight excluding hydrogens is 384 g/mol. The zero-order valence-electron chi connectivity index (χ0n) is 16.7. The van der Waals surface area contributed by atoms with E-state index in [1.165, 1.54) is 23.1 Å². The molecular formula is C23H24N2O5. The van der Waals surface area contributed by atoms with Crippen LogP contribution < -0.4 is 5.32 Å². The lowest BCUT2D eigenvalue weighted by Gasteiger charge is -2.15. The van der Waals surface area contributed by atoms with Gasteiger partial charge in [0.25, 0.3) is 0 Å². The minimum absolute atomic E-state index is 0.00284. The molecule has 0 spiro atoms. The van der Waals surface area contributed by atoms with Crippen molar-refractivity contribution >= 4 is 18.0 Å². The first kappa shape index (κ1) is 19.9. The minimum Gasteiger partial charge on any atom is -0.480 e. The Morgan fingerprint density at radius 3 is 2.27 bits per heavy atom. The zero-order valence-corrected chi connectivity index (χ0v) is 16.7. The summed E-state index contributed by atoms with van der Waals surface area (Å²) in [6, 6.07) is 16.3. The van der Waals surface area contributed by atoms with Crippen LogP contribution in [0.15, 0.2) is 48.5 Å². The Labute approximate surface area is 174 Å². The predicted octanol–water partition coefficient (Wildman–Crippen LogP) is 2.70. The Balaban J connectivity index is 1.27. The number of carboxylic acids is 1. The molecule has 4 rings (SSSR count). The van der Waals surface area contributed by atoms with E-state index in [-0.39, 0.29) is 36.8 Å². The summed E-state index contributed by atoms with van der Waals surface area (Å²) in [5, 5.41) is 11.5. The van der Waals surface area contributed by atoms with E-state index in [9.17, 15) is 14.4 Å². The number of fused-ring (bicyclic) bond motifs is 3. The number of carboxylic acid groups (broad SMARTS) is 1. The molecule has 2 aromatic carbocycles. The van der Waals surface area contributed by atoms with Gasteiger partial charge in [-0.05, 0) is 34.6 Å². The summed E-state index contributed by atoms with van der Waals surface area (Å²) in [5.74, 6) is -1.45. The van der Waals surface area contributed by atoms with Crippen LogP contribution in [-0.2, 0) is 14.3 Å². The number of nitrogens with one attached hydrogen (secondary N) is 1. The Morgan fingerprint density at radius 1 is 1.07 bits per heavy atom. The molecule has 0 heterocycles. The van der Waals surface area contributed by atoms with E-state index in [1.807, 2.05) is 24.3 Å². The second kappa shape index (κ2) is 8.18. The number of benzene rings is 2. The highest BCUT2D eigenvalue weighted by Crippen LogP contribution is 2.44. The normalized spacial score (nSPS) is 18.8. The third-order valence-corrected chi connectivity index (χ3v) is 5.84. The molecule has 156 valence electrons. The lowest BCUT2D eigenvalue weighted by atomic mass is 9.98. The van der Waals surface area contributed by atoms with E-state index in [2.05, 4.69) is 29.6 Å². The lowest BCUT2D eigenvalue weighted by Crippen LogP contribution is -2.34. The molecule has 1 saturated carbocycles. The molecule has 0 bridgehead atoms. The maximum absolute atomic E-state index is 12.2. The second-order valence-electron chi connectivity index (χ2n) is 7.90. The molecule has 2 atom stereocenters. The summed E-state index contributed by atoms with van der Waals surface area (Å²) >= 11 is 0. The van der Waals surface area contributed by atoms with Gasteiger partial charge < -0.3 is 20.1 Å². The number of carbonyl (C=O) groups is 3. The van der Waals surface area contributed by atoms with Crippen molar-refractivity contribution < 1.29 is 24.2 Å². The van der Waals surface area contributed by atoms with E-state index in [1.54, 1.807) is 0 Å². The molecule has 0 saturated heterocycles. The summed E-state index contributed by atoms with van der Waals surface area (Å²) in [4.78, 5) is 36.3. The number of hydrogen-bond acceptors (Lipinski definition) is 4. The number of amides is 2. The first-order valence-corrected chi connectivity index (χ1v) is 10.0. The van der Waals surface area contributed by atoms with Gasteiger partial charge in [-0.2, -0.15) is 0 Å². The number of rotatable bonds is 7. The fraction of sp³-hybridized carbons (Fsp3) is 0.348. The van der Waals surface area contributed by atoms with Crippen LogP contribution in [0.3, 0.4) is 0 Å². The van der Waals surface area contributed by atoms with Crippen LogP contribution in [0.25, 0.3) is 11.1 Å². The van der Waals surface area contributed by atoms with Crippen LogP contribution >= 0.6 is 0 Å². The maximum Gasteiger partial charge on any atom is 0.407 e. The molecule has 30 heavy (non-hydrogen) atoms. The van der Waals surface area contributed by atoms with Crippen molar-refractivity contribution in [2.75, 3.05) is 26.7 Å². The smallest absolute Gasteiger partial charge is 0.407 e. The second-order valence-corrected chi connectivity index (χ2v) is 7.90. The number of nitrogens with zero attached hydrogens (tertiary/aromatic N) is 1. The van der Waals surface area contributed by atoms with E-state index in [4.69, 9.17) is 9.84 Å². The third kappa shape index (κ3) is 4.01. The van der Waals surface area contributed by atoms with E-state index < -0.39 is 12.1 Å². The van der Waals surface area contributed by atoms with Gasteiger partial charge in [-0.3, -0.25) is 9.59 Å². The molecule has 2 aliphatic carbocycles. The van der Waals surface area contributed by atoms with Gasteiger partial charge in [0, 0.05) is 25.4 Å². The van der Waals surface area contributed by atoms with Crippen molar-refractivity contribution in [2.45, 2.75) is 12.3 Å². The van der Waals surface area contributed by atoms with Crippen LogP contribution in [0.1, 0.15) is 23.5 Å². The molecule has 0 unspecified atom stereocenters. The summed E-state index contributed by atoms with van der Waals surface area (Å²) in [7, 11) is 1.48. The quantitative estimate of drug-likeness (QED) is 0.734. The first-order valence-electron chi connectivity index (χ1n) is 10.0. The zero-order chi connectivity index (χ0) is 21.3. The Hall–Kier alpha value is -3.35. The van der Waals surface area contributed by atoms with Gasteiger partial charge in [-0.25, -0.2) is 4.79 Å². The first-order chi connectivity index (χ1) is 14.5. The van der Waals surface area contributed by atoms with Gasteiger partial charge in [-0.1, -0.05) is 48.5 Å². The Morgan fingerprint density at radius 2 is 1.67 bits per heavy atom. The summed E-state index contributed by atoms with van der Waals surface area (Å²) in [5.41, 5.74) is 4.65. The van der Waals surface area contributed by atoms with Gasteiger partial charge in [0.2, 0.25) is 5.91 Å². The molecule has 2 amide bonds. The maximum atomic E-state index is 12.2. The summed E-state index contributed by atoms with van der Waals surface area (Å²) < 4.78 is 5.49. The fourth-order valence-corrected chi connectivity index (χ4v) is 4.20. The van der Waals surface area contributed by atoms with E-state index in [0.717, 1.165) is 11.1 Å². The number of aliphatic carboxylic acids is 1. The van der Waals surface area contributed by atoms with Gasteiger partial charge in [0.05, 0.1) is 0 Å². The topological polar surface area (TPSA) is 95.9 Å². The van der Waals surface area contributed by atoms with Gasteiger partial charge in [0.15, 0.2) is 0 Å². The number of hydrogen-bond donors (Lipinski definition) is 2. The minimum atomic E-state index is -1.04. The third-order valence-electron chi connectivity index (χ3n) is 5.84.